The monoisotopic (exact) mass is 553 g/mol. The molecular weight excluding hydrogens is 502 g/mol. The van der Waals surface area contributed by atoms with Crippen LogP contribution < -0.4 is 15.4 Å². The molecule has 3 aliphatic rings. The van der Waals surface area contributed by atoms with Crippen molar-refractivity contribution in [1.82, 2.24) is 15.5 Å². The number of fused-ring (bicyclic) bond motifs is 3. The van der Waals surface area contributed by atoms with Crippen molar-refractivity contribution >= 4 is 18.1 Å². The highest BCUT2D eigenvalue weighted by atomic mass is 16.5. The Hall–Kier alpha value is -2.41. The molecule has 40 heavy (non-hydrogen) atoms. The van der Waals surface area contributed by atoms with Gasteiger partial charge in [-0.25, -0.2) is 0 Å². The number of ether oxygens (including phenoxy) is 1. The zero-order valence-corrected chi connectivity index (χ0v) is 25.0. The van der Waals surface area contributed by atoms with Crippen molar-refractivity contribution in [2.75, 3.05) is 20.2 Å². The van der Waals surface area contributed by atoms with Crippen LogP contribution in [0.1, 0.15) is 113 Å². The number of carbonyl (C=O) groups is 3. The molecule has 2 bridgehead atoms. The Morgan fingerprint density at radius 2 is 1.80 bits per heavy atom. The number of carbonyl (C=O) groups excluding carboxylic acids is 3. The molecule has 7 nitrogen and oxygen atoms in total. The Balaban J connectivity index is 1.09. The molecule has 2 N–H and O–H groups in total. The molecule has 0 radical (unpaired) electrons. The Bertz CT molecular complexity index is 993. The second-order valence-corrected chi connectivity index (χ2v) is 13.0. The van der Waals surface area contributed by atoms with Gasteiger partial charge in [-0.05, 0) is 94.7 Å². The molecule has 7 heteroatoms. The first-order valence-electron chi connectivity index (χ1n) is 15.8. The van der Waals surface area contributed by atoms with E-state index in [4.69, 9.17) is 4.74 Å². The average Bonchev–Trinajstić information content (AvgIpc) is 3.26. The number of amides is 2. The van der Waals surface area contributed by atoms with Gasteiger partial charge in [0.15, 0.2) is 0 Å². The first-order valence-corrected chi connectivity index (χ1v) is 15.8. The highest BCUT2D eigenvalue weighted by Gasteiger charge is 2.40. The lowest BCUT2D eigenvalue weighted by Gasteiger charge is -2.47. The van der Waals surface area contributed by atoms with Crippen LogP contribution in [0.25, 0.3) is 0 Å². The van der Waals surface area contributed by atoms with Gasteiger partial charge >= 0.3 is 0 Å². The lowest BCUT2D eigenvalue weighted by molar-refractivity contribution is -0.121. The molecule has 4 rings (SSSR count). The quantitative estimate of drug-likeness (QED) is 0.204. The maximum Gasteiger partial charge on any atom is 0.255 e. The molecule has 0 spiro atoms. The first-order chi connectivity index (χ1) is 19.3. The number of nitrogens with one attached hydrogen (secondary N) is 2. The lowest BCUT2D eigenvalue weighted by Crippen LogP contribution is -2.50. The van der Waals surface area contributed by atoms with Gasteiger partial charge in [-0.1, -0.05) is 38.7 Å². The van der Waals surface area contributed by atoms with Crippen LogP contribution in [0, 0.1) is 17.8 Å². The summed E-state index contributed by atoms with van der Waals surface area (Å²) in [5.41, 5.74) is 1.79. The molecule has 2 fully saturated rings. The summed E-state index contributed by atoms with van der Waals surface area (Å²) in [5.74, 6) is 3.22. The molecular formula is C33H51N3O4. The SMILES string of the molecule is CNC(=O)CCC(C=O)N1Cc2c(OCCCCCCCCNC3(C)CC4CC(C)CC(C4)C3)cccc2C1=O. The summed E-state index contributed by atoms with van der Waals surface area (Å²) in [6.45, 7) is 7.01. The number of hydrogen-bond donors (Lipinski definition) is 2. The van der Waals surface area contributed by atoms with Gasteiger partial charge in [-0.2, -0.15) is 0 Å². The van der Waals surface area contributed by atoms with E-state index in [0.29, 0.717) is 30.7 Å². The van der Waals surface area contributed by atoms with Crippen LogP contribution in [-0.2, 0) is 16.1 Å². The Kier molecular flexibility index (Phi) is 11.1. The molecule has 0 saturated heterocycles. The summed E-state index contributed by atoms with van der Waals surface area (Å²) in [7, 11) is 1.57. The van der Waals surface area contributed by atoms with Crippen LogP contribution in [0.5, 0.6) is 5.75 Å². The summed E-state index contributed by atoms with van der Waals surface area (Å²) in [6, 6.07) is 4.92. The maximum atomic E-state index is 13.0. The van der Waals surface area contributed by atoms with Crippen LogP contribution in [-0.4, -0.2) is 54.8 Å². The third-order valence-electron chi connectivity index (χ3n) is 9.45. The van der Waals surface area contributed by atoms with E-state index < -0.39 is 6.04 Å². The van der Waals surface area contributed by atoms with E-state index in [9.17, 15) is 14.4 Å². The van der Waals surface area contributed by atoms with Crippen LogP contribution in [0.4, 0.5) is 0 Å². The van der Waals surface area contributed by atoms with Crippen molar-refractivity contribution < 1.29 is 19.1 Å². The second kappa shape index (κ2) is 14.5. The zero-order chi connectivity index (χ0) is 28.5. The van der Waals surface area contributed by atoms with Crippen molar-refractivity contribution in [1.29, 1.82) is 0 Å². The van der Waals surface area contributed by atoms with Crippen molar-refractivity contribution in [2.45, 2.75) is 115 Å². The van der Waals surface area contributed by atoms with Gasteiger partial charge in [0, 0.05) is 30.1 Å². The Labute approximate surface area is 241 Å². The molecule has 1 aromatic rings. The van der Waals surface area contributed by atoms with E-state index in [1.807, 2.05) is 12.1 Å². The van der Waals surface area contributed by atoms with E-state index in [1.165, 1.54) is 57.8 Å². The van der Waals surface area contributed by atoms with Gasteiger partial charge in [0.05, 0.1) is 19.2 Å². The van der Waals surface area contributed by atoms with Gasteiger partial charge in [-0.3, -0.25) is 9.59 Å². The number of unbranched alkanes of at least 4 members (excludes halogenated alkanes) is 5. The number of nitrogens with zero attached hydrogens (tertiary/aromatic N) is 1. The number of hydrogen-bond acceptors (Lipinski definition) is 5. The Morgan fingerprint density at radius 1 is 1.10 bits per heavy atom. The minimum Gasteiger partial charge on any atom is -0.493 e. The van der Waals surface area contributed by atoms with Crippen LogP contribution in [0.3, 0.4) is 0 Å². The van der Waals surface area contributed by atoms with Gasteiger partial charge < -0.3 is 25.1 Å². The summed E-state index contributed by atoms with van der Waals surface area (Å²) in [4.78, 5) is 37.8. The number of rotatable bonds is 16. The van der Waals surface area contributed by atoms with E-state index in [-0.39, 0.29) is 18.2 Å². The highest BCUT2D eigenvalue weighted by molar-refractivity contribution is 6.00. The van der Waals surface area contributed by atoms with Crippen molar-refractivity contribution in [3.63, 3.8) is 0 Å². The van der Waals surface area contributed by atoms with E-state index in [0.717, 1.165) is 54.7 Å². The molecule has 0 aromatic heterocycles. The smallest absolute Gasteiger partial charge is 0.255 e. The maximum absolute atomic E-state index is 13.0. The standard InChI is InChI=1S/C33H51N3O4/c1-24-17-25-19-26(18-24)21-33(2,20-25)35-15-8-6-4-5-7-9-16-40-30-12-10-11-28-29(30)22-36(32(28)39)27(23-37)13-14-31(38)34-3/h10-12,23-27,35H,4-9,13-22H2,1-3H3,(H,34,38). The average molecular weight is 554 g/mol. The summed E-state index contributed by atoms with van der Waals surface area (Å²) in [5, 5.41) is 6.50. The number of benzene rings is 1. The summed E-state index contributed by atoms with van der Waals surface area (Å²) >= 11 is 0. The number of aldehydes is 1. The molecule has 1 heterocycles. The second-order valence-electron chi connectivity index (χ2n) is 13.0. The van der Waals surface area contributed by atoms with Crippen molar-refractivity contribution in [3.8, 4) is 5.75 Å². The molecule has 222 valence electrons. The molecule has 3 atom stereocenters. The molecule has 1 aliphatic heterocycles. The minimum atomic E-state index is -0.616. The lowest BCUT2D eigenvalue weighted by atomic mass is 9.62. The first kappa shape index (κ1) is 30.5. The molecule has 2 amide bonds. The van der Waals surface area contributed by atoms with Gasteiger partial charge in [0.25, 0.3) is 5.91 Å². The fraction of sp³-hybridized carbons (Fsp3) is 0.727. The van der Waals surface area contributed by atoms with Crippen LogP contribution in [0.2, 0.25) is 0 Å². The predicted molar refractivity (Wildman–Crippen MR) is 158 cm³/mol. The topological polar surface area (TPSA) is 87.7 Å². The molecule has 3 unspecified atom stereocenters. The van der Waals surface area contributed by atoms with Crippen LogP contribution in [0.15, 0.2) is 18.2 Å². The van der Waals surface area contributed by atoms with Crippen LogP contribution >= 0.6 is 0 Å². The molecule has 2 aliphatic carbocycles. The highest BCUT2D eigenvalue weighted by Crippen LogP contribution is 2.46. The van der Waals surface area contributed by atoms with Gasteiger partial charge in [0.1, 0.15) is 12.0 Å². The van der Waals surface area contributed by atoms with E-state index in [1.54, 1.807) is 18.0 Å². The third kappa shape index (κ3) is 8.08. The minimum absolute atomic E-state index is 0.137. The summed E-state index contributed by atoms with van der Waals surface area (Å²) in [6.07, 6.45) is 15.5. The largest absolute Gasteiger partial charge is 0.493 e. The summed E-state index contributed by atoms with van der Waals surface area (Å²) < 4.78 is 6.09. The zero-order valence-electron chi connectivity index (χ0n) is 25.0. The fourth-order valence-corrected chi connectivity index (χ4v) is 7.67. The van der Waals surface area contributed by atoms with Crippen molar-refractivity contribution in [2.24, 2.45) is 17.8 Å². The van der Waals surface area contributed by atoms with E-state index in [2.05, 4.69) is 24.5 Å². The Morgan fingerprint density at radius 3 is 2.50 bits per heavy atom. The third-order valence-corrected chi connectivity index (χ3v) is 9.45. The van der Waals surface area contributed by atoms with E-state index >= 15 is 0 Å². The fourth-order valence-electron chi connectivity index (χ4n) is 7.67. The predicted octanol–water partition coefficient (Wildman–Crippen LogP) is 5.65. The molecule has 2 saturated carbocycles. The van der Waals surface area contributed by atoms with Gasteiger partial charge in [-0.15, -0.1) is 0 Å². The normalized spacial score (nSPS) is 26.3. The van der Waals surface area contributed by atoms with Gasteiger partial charge in [0.2, 0.25) is 5.91 Å². The van der Waals surface area contributed by atoms with Crippen molar-refractivity contribution in [3.05, 3.63) is 29.3 Å². The molecule has 1 aromatic carbocycles.